The van der Waals surface area contributed by atoms with Crippen LogP contribution in [0.2, 0.25) is 30.8 Å². The number of allylic oxidation sites excluding steroid dienone is 2. The second-order valence-electron chi connectivity index (χ2n) is 14.7. The van der Waals surface area contributed by atoms with Crippen LogP contribution in [0, 0.1) is 0 Å². The third-order valence-electron chi connectivity index (χ3n) is 12.1. The third-order valence-corrected chi connectivity index (χ3v) is 218. The van der Waals surface area contributed by atoms with Gasteiger partial charge in [-0.2, -0.15) is 0 Å². The molecule has 0 radical (unpaired) electrons. The van der Waals surface area contributed by atoms with Crippen molar-refractivity contribution in [2.75, 3.05) is 0 Å². The first kappa shape index (κ1) is 30.0. The fourth-order valence-corrected chi connectivity index (χ4v) is 277. The summed E-state index contributed by atoms with van der Waals surface area (Å²) in [6.45, 7) is 5.01. The SMILES string of the molecule is CC1=Cc2c(-c3ccccc3)cccc2[CH]1[Hf]([CH3])([CH3])[Si]1([Hf]([CH3])([CH3])[CH]2C(C)=Cc3c(-c4ccccc4)cccc32)CCCC1. The van der Waals surface area contributed by atoms with Gasteiger partial charge in [0.1, 0.15) is 0 Å². The molecule has 1 fully saturated rings. The number of rotatable bonds is 6. The van der Waals surface area contributed by atoms with Crippen LogP contribution in [0.15, 0.2) is 108 Å². The van der Waals surface area contributed by atoms with E-state index in [4.69, 9.17) is 0 Å². The van der Waals surface area contributed by atoms with Crippen LogP contribution in [0.25, 0.3) is 34.4 Å². The van der Waals surface area contributed by atoms with E-state index in [0.717, 1.165) is 7.35 Å². The van der Waals surface area contributed by atoms with Crippen LogP contribution in [0.4, 0.5) is 0 Å². The Morgan fingerprint density at radius 2 is 0.907 bits per heavy atom. The van der Waals surface area contributed by atoms with Gasteiger partial charge in [-0.05, 0) is 0 Å². The van der Waals surface area contributed by atoms with E-state index in [1.54, 1.807) is 34.4 Å². The number of hydrogen-bond donors (Lipinski definition) is 0. The van der Waals surface area contributed by atoms with Crippen molar-refractivity contribution >= 4 is 14.6 Å². The van der Waals surface area contributed by atoms with Gasteiger partial charge in [-0.15, -0.1) is 0 Å². The molecule has 0 saturated carbocycles. The Kier molecular flexibility index (Phi) is 7.87. The topological polar surface area (TPSA) is 0 Å². The van der Waals surface area contributed by atoms with Crippen LogP contribution in [-0.4, -0.2) is 2.45 Å². The Labute approximate surface area is 268 Å². The van der Waals surface area contributed by atoms with Gasteiger partial charge in [0.15, 0.2) is 0 Å². The van der Waals surface area contributed by atoms with Crippen LogP contribution >= 0.6 is 0 Å². The maximum atomic E-state index is 2.97. The second-order valence-corrected chi connectivity index (χ2v) is 108. The normalized spacial score (nSPS) is 20.9. The molecule has 0 amide bonds. The molecule has 1 aliphatic heterocycles. The van der Waals surface area contributed by atoms with Gasteiger partial charge in [-0.3, -0.25) is 0 Å². The number of fused-ring (bicyclic) bond motifs is 2. The van der Waals surface area contributed by atoms with E-state index in [0.29, 0.717) is 0 Å². The zero-order valence-corrected chi connectivity index (χ0v) is 35.1. The van der Waals surface area contributed by atoms with Crippen LogP contribution in [0.5, 0.6) is 0 Å². The molecule has 1 heterocycles. The van der Waals surface area contributed by atoms with E-state index in [1.165, 1.54) is 46.2 Å². The summed E-state index contributed by atoms with van der Waals surface area (Å²) in [7, 11) is 0. The molecule has 218 valence electrons. The molecule has 43 heavy (non-hydrogen) atoms. The molecule has 0 spiro atoms. The molecule has 0 bridgehead atoms. The molecule has 2 unspecified atom stereocenters. The number of hydrogen-bond acceptors (Lipinski definition) is 0. The van der Waals surface area contributed by atoms with Gasteiger partial charge in [0.25, 0.3) is 0 Å². The van der Waals surface area contributed by atoms with Crippen LogP contribution in [0.3, 0.4) is 0 Å². The molecule has 2 aliphatic carbocycles. The summed E-state index contributed by atoms with van der Waals surface area (Å²) in [6.07, 6.45) is 8.23. The van der Waals surface area contributed by atoms with Crippen molar-refractivity contribution in [3.63, 3.8) is 0 Å². The standard InChI is InChI=1S/2C16H13.C4H8Si.4CH3.2Hf/c2*1-12-10-14-8-5-9-15(16(14)11-12)13-6-3-2-4-7-13;1-2-4-5-3-1;;;;;;/h2*2-11H,1H3;1-4H2;4*1H3;;. The number of benzene rings is 4. The molecule has 4 aromatic carbocycles. The van der Waals surface area contributed by atoms with Crippen LogP contribution in [-0.2, 0) is 38.3 Å². The Balaban J connectivity index is 1.34. The first-order valence-electron chi connectivity index (χ1n) is 16.4. The van der Waals surface area contributed by atoms with Crippen molar-refractivity contribution in [1.29, 1.82) is 0 Å². The minimum absolute atomic E-state index is 0.746. The van der Waals surface area contributed by atoms with Gasteiger partial charge in [-0.25, -0.2) is 0 Å². The second kappa shape index (κ2) is 11.3. The van der Waals surface area contributed by atoms with Crippen molar-refractivity contribution in [3.8, 4) is 22.3 Å². The van der Waals surface area contributed by atoms with Gasteiger partial charge < -0.3 is 0 Å². The monoisotopic (exact) mass is 914 g/mol. The molecule has 1 saturated heterocycles. The van der Waals surface area contributed by atoms with Gasteiger partial charge >= 0.3 is 270 Å². The Bertz CT molecular complexity index is 1620. The molecule has 4 aromatic rings. The third kappa shape index (κ3) is 4.61. The van der Waals surface area contributed by atoms with E-state index in [2.05, 4.69) is 142 Å². The summed E-state index contributed by atoms with van der Waals surface area (Å²) >= 11 is -5.87. The average Bonchev–Trinajstić information content (AvgIpc) is 3.73. The molecule has 0 aromatic heterocycles. The van der Waals surface area contributed by atoms with Crippen LogP contribution in [0.1, 0.15) is 56.3 Å². The zero-order valence-electron chi connectivity index (χ0n) is 26.9. The summed E-state index contributed by atoms with van der Waals surface area (Å²) < 4.78 is 11.9. The van der Waals surface area contributed by atoms with Gasteiger partial charge in [0.05, 0.1) is 0 Å². The quantitative estimate of drug-likeness (QED) is 0.169. The maximum absolute atomic E-state index is 2.97. The summed E-state index contributed by atoms with van der Waals surface area (Å²) in [4.78, 5) is 0. The Morgan fingerprint density at radius 1 is 0.512 bits per heavy atom. The van der Waals surface area contributed by atoms with E-state index in [1.807, 2.05) is 0 Å². The summed E-state index contributed by atoms with van der Waals surface area (Å²) in [5.74, 6) is 0. The molecule has 2 atom stereocenters. The Morgan fingerprint density at radius 3 is 1.30 bits per heavy atom. The van der Waals surface area contributed by atoms with E-state index in [9.17, 15) is 0 Å². The van der Waals surface area contributed by atoms with Crippen molar-refractivity contribution in [2.24, 2.45) is 0 Å². The molecule has 3 heteroatoms. The fourth-order valence-electron chi connectivity index (χ4n) is 10.4. The molecular formula is C40H46Hf2Si. The van der Waals surface area contributed by atoms with E-state index >= 15 is 0 Å². The predicted octanol–water partition coefficient (Wildman–Crippen LogP) is 12.4. The first-order valence-corrected chi connectivity index (χ1v) is 48.1. The zero-order chi connectivity index (χ0) is 30.0. The van der Waals surface area contributed by atoms with Gasteiger partial charge in [0, 0.05) is 0 Å². The molecular weight excluding hydrogens is 866 g/mol. The molecule has 0 nitrogen and oxygen atoms in total. The van der Waals surface area contributed by atoms with Crippen molar-refractivity contribution in [3.05, 3.63) is 130 Å². The Hall–Kier alpha value is -1.68. The van der Waals surface area contributed by atoms with Gasteiger partial charge in [0.2, 0.25) is 0 Å². The average molecular weight is 912 g/mol. The van der Waals surface area contributed by atoms with Crippen molar-refractivity contribution in [2.45, 2.75) is 64.8 Å². The molecule has 7 rings (SSSR count). The summed E-state index contributed by atoms with van der Waals surface area (Å²) in [5.41, 5.74) is 15.5. The predicted molar refractivity (Wildman–Crippen MR) is 185 cm³/mol. The fraction of sp³-hybridized carbons (Fsp3) is 0.300. The van der Waals surface area contributed by atoms with Gasteiger partial charge in [-0.1, -0.05) is 0 Å². The molecule has 0 N–H and O–H groups in total. The summed E-state index contributed by atoms with van der Waals surface area (Å²) in [5, 5.41) is 0. The van der Waals surface area contributed by atoms with Crippen molar-refractivity contribution in [1.82, 2.24) is 0 Å². The van der Waals surface area contributed by atoms with E-state index < -0.39 is 40.7 Å². The van der Waals surface area contributed by atoms with Crippen molar-refractivity contribution < 1.29 is 38.3 Å². The van der Waals surface area contributed by atoms with Crippen LogP contribution < -0.4 is 0 Å². The van der Waals surface area contributed by atoms with E-state index in [-0.39, 0.29) is 0 Å². The minimum atomic E-state index is -2.93. The first-order chi connectivity index (χ1) is 20.7. The molecule has 3 aliphatic rings. The summed E-state index contributed by atoms with van der Waals surface area (Å²) in [6, 6.07) is 40.0.